The van der Waals surface area contributed by atoms with Crippen molar-refractivity contribution in [2.45, 2.75) is 24.8 Å². The fourth-order valence-corrected chi connectivity index (χ4v) is 5.23. The molecule has 0 aliphatic rings. The van der Waals surface area contributed by atoms with Crippen molar-refractivity contribution in [1.82, 2.24) is 5.32 Å². The number of nitrogens with zero attached hydrogens (tertiary/aromatic N) is 1. The summed E-state index contributed by atoms with van der Waals surface area (Å²) < 4.78 is 38.8. The number of rotatable bonds is 9. The van der Waals surface area contributed by atoms with Gasteiger partial charge in [-0.15, -0.1) is 0 Å². The summed E-state index contributed by atoms with van der Waals surface area (Å²) in [7, 11) is -0.955. The van der Waals surface area contributed by atoms with Crippen LogP contribution < -0.4 is 19.1 Å². The van der Waals surface area contributed by atoms with Crippen LogP contribution in [-0.2, 0) is 14.8 Å². The lowest BCUT2D eigenvalue weighted by Gasteiger charge is -2.27. The summed E-state index contributed by atoms with van der Waals surface area (Å²) in [6.45, 7) is 3.07. The van der Waals surface area contributed by atoms with Crippen LogP contribution in [0.3, 0.4) is 0 Å². The summed E-state index contributed by atoms with van der Waals surface area (Å²) in [5, 5.41) is 3.27. The number of sulfonamides is 1. The molecule has 0 aromatic heterocycles. The molecule has 0 saturated carbocycles. The summed E-state index contributed by atoms with van der Waals surface area (Å²) >= 11 is 6.27. The lowest BCUT2D eigenvalue weighted by molar-refractivity contribution is -0.120. The van der Waals surface area contributed by atoms with E-state index in [9.17, 15) is 13.2 Å². The van der Waals surface area contributed by atoms with Gasteiger partial charge in [0.2, 0.25) is 5.91 Å². The number of carbonyl (C=O) groups excluding carboxylic acids is 1. The van der Waals surface area contributed by atoms with Gasteiger partial charge in [0, 0.05) is 10.6 Å². The van der Waals surface area contributed by atoms with Crippen LogP contribution in [0.1, 0.15) is 24.1 Å². The second-order valence-electron chi connectivity index (χ2n) is 7.61. The maximum absolute atomic E-state index is 13.5. The van der Waals surface area contributed by atoms with Crippen LogP contribution in [0.5, 0.6) is 11.5 Å². The predicted octanol–water partition coefficient (Wildman–Crippen LogP) is 4.74. The predicted molar refractivity (Wildman–Crippen MR) is 133 cm³/mol. The molecule has 0 bridgehead atoms. The topological polar surface area (TPSA) is 84.9 Å². The average Bonchev–Trinajstić information content (AvgIpc) is 2.84. The highest BCUT2D eigenvalue weighted by molar-refractivity contribution is 7.92. The number of hydrogen-bond acceptors (Lipinski definition) is 5. The number of ether oxygens (including phenoxy) is 2. The molecule has 0 radical (unpaired) electrons. The van der Waals surface area contributed by atoms with E-state index in [1.165, 1.54) is 19.2 Å². The maximum atomic E-state index is 13.5. The molecular weight excluding hydrogens is 476 g/mol. The first-order valence-corrected chi connectivity index (χ1v) is 12.3. The van der Waals surface area contributed by atoms with E-state index < -0.39 is 28.5 Å². The lowest BCUT2D eigenvalue weighted by Crippen LogP contribution is -2.42. The van der Waals surface area contributed by atoms with Gasteiger partial charge in [0.25, 0.3) is 10.0 Å². The largest absolute Gasteiger partial charge is 0.497 e. The van der Waals surface area contributed by atoms with Crippen molar-refractivity contribution in [3.8, 4) is 11.5 Å². The number of nitrogens with one attached hydrogen (secondary N) is 1. The van der Waals surface area contributed by atoms with Gasteiger partial charge in [0.05, 0.1) is 30.8 Å². The van der Waals surface area contributed by atoms with Gasteiger partial charge in [0.15, 0.2) is 0 Å². The van der Waals surface area contributed by atoms with Crippen molar-refractivity contribution >= 4 is 33.2 Å². The normalized spacial score (nSPS) is 12.0. The molecular formula is C25H27ClN2O5S. The Hall–Kier alpha value is -3.23. The van der Waals surface area contributed by atoms with Gasteiger partial charge >= 0.3 is 0 Å². The zero-order chi connectivity index (χ0) is 24.9. The molecule has 0 saturated heterocycles. The van der Waals surface area contributed by atoms with E-state index in [-0.39, 0.29) is 4.90 Å². The molecule has 0 aliphatic heterocycles. The molecule has 1 unspecified atom stereocenters. The van der Waals surface area contributed by atoms with Crippen molar-refractivity contribution in [2.24, 2.45) is 0 Å². The Balaban J connectivity index is 1.94. The van der Waals surface area contributed by atoms with Gasteiger partial charge < -0.3 is 14.8 Å². The number of benzene rings is 3. The second-order valence-corrected chi connectivity index (χ2v) is 9.88. The SMILES string of the molecule is COc1ccc(OC)c(C(C)NC(=O)CN(c2cccc(Cl)c2C)S(=O)(=O)c2ccccc2)c1. The highest BCUT2D eigenvalue weighted by atomic mass is 35.5. The first-order chi connectivity index (χ1) is 16.2. The molecule has 7 nitrogen and oxygen atoms in total. The zero-order valence-electron chi connectivity index (χ0n) is 19.4. The fourth-order valence-electron chi connectivity index (χ4n) is 3.56. The van der Waals surface area contributed by atoms with E-state index in [2.05, 4.69) is 5.32 Å². The van der Waals surface area contributed by atoms with E-state index in [4.69, 9.17) is 21.1 Å². The number of hydrogen-bond donors (Lipinski definition) is 1. The molecule has 3 aromatic rings. The Labute approximate surface area is 205 Å². The molecule has 0 aliphatic carbocycles. The minimum atomic E-state index is -4.04. The molecule has 34 heavy (non-hydrogen) atoms. The van der Waals surface area contributed by atoms with Gasteiger partial charge in [-0.3, -0.25) is 9.10 Å². The first-order valence-electron chi connectivity index (χ1n) is 10.5. The van der Waals surface area contributed by atoms with Crippen LogP contribution in [0.15, 0.2) is 71.6 Å². The van der Waals surface area contributed by atoms with E-state index in [0.717, 1.165) is 4.31 Å². The fraction of sp³-hybridized carbons (Fsp3) is 0.240. The summed E-state index contributed by atoms with van der Waals surface area (Å²) in [6, 6.07) is 17.7. The third kappa shape index (κ3) is 5.46. The molecule has 180 valence electrons. The van der Waals surface area contributed by atoms with Crippen LogP contribution in [0.4, 0.5) is 5.69 Å². The molecule has 1 N–H and O–H groups in total. The zero-order valence-corrected chi connectivity index (χ0v) is 21.0. The molecule has 9 heteroatoms. The third-order valence-electron chi connectivity index (χ3n) is 5.41. The summed E-state index contributed by atoms with van der Waals surface area (Å²) in [6.07, 6.45) is 0. The highest BCUT2D eigenvalue weighted by Gasteiger charge is 2.29. The summed E-state index contributed by atoms with van der Waals surface area (Å²) in [5.74, 6) is 0.698. The average molecular weight is 503 g/mol. The number of carbonyl (C=O) groups is 1. The Morgan fingerprint density at radius 1 is 1.03 bits per heavy atom. The molecule has 3 rings (SSSR count). The smallest absolute Gasteiger partial charge is 0.264 e. The monoisotopic (exact) mass is 502 g/mol. The van der Waals surface area contributed by atoms with Crippen LogP contribution >= 0.6 is 11.6 Å². The second kappa shape index (κ2) is 10.8. The quantitative estimate of drug-likeness (QED) is 0.457. The van der Waals surface area contributed by atoms with E-state index in [0.29, 0.717) is 33.3 Å². The molecule has 3 aromatic carbocycles. The van der Waals surface area contributed by atoms with Gasteiger partial charge in [0.1, 0.15) is 18.0 Å². The Bertz CT molecular complexity index is 1270. The number of halogens is 1. The third-order valence-corrected chi connectivity index (χ3v) is 7.59. The van der Waals surface area contributed by atoms with Crippen molar-refractivity contribution < 1.29 is 22.7 Å². The number of amides is 1. The molecule has 1 amide bonds. The minimum Gasteiger partial charge on any atom is -0.497 e. The number of anilines is 1. The number of methoxy groups -OCH3 is 2. The first kappa shape index (κ1) is 25.4. The van der Waals surface area contributed by atoms with Gasteiger partial charge in [-0.25, -0.2) is 8.42 Å². The molecule has 0 spiro atoms. The Morgan fingerprint density at radius 3 is 2.38 bits per heavy atom. The Kier molecular flexibility index (Phi) is 8.06. The van der Waals surface area contributed by atoms with E-state index in [1.807, 2.05) is 0 Å². The summed E-state index contributed by atoms with van der Waals surface area (Å²) in [4.78, 5) is 13.2. The van der Waals surface area contributed by atoms with Crippen molar-refractivity contribution in [3.05, 3.63) is 82.9 Å². The van der Waals surface area contributed by atoms with Crippen LogP contribution in [-0.4, -0.2) is 35.1 Å². The minimum absolute atomic E-state index is 0.0738. The van der Waals surface area contributed by atoms with Gasteiger partial charge in [-0.05, 0) is 61.9 Å². The maximum Gasteiger partial charge on any atom is 0.264 e. The van der Waals surface area contributed by atoms with Crippen molar-refractivity contribution in [2.75, 3.05) is 25.1 Å². The standard InChI is InChI=1S/C25H27ClN2O5S/c1-17-22(26)11-8-12-23(17)28(34(30,31)20-9-6-5-7-10-20)16-25(29)27-18(2)21-15-19(32-3)13-14-24(21)33-4/h5-15,18H,16H2,1-4H3,(H,27,29). The lowest BCUT2D eigenvalue weighted by atomic mass is 10.1. The van der Waals surface area contributed by atoms with Crippen molar-refractivity contribution in [1.29, 1.82) is 0 Å². The highest BCUT2D eigenvalue weighted by Crippen LogP contribution is 2.32. The van der Waals surface area contributed by atoms with Crippen LogP contribution in [0.25, 0.3) is 0 Å². The van der Waals surface area contributed by atoms with Gasteiger partial charge in [-0.1, -0.05) is 35.9 Å². The molecule has 0 fully saturated rings. The van der Waals surface area contributed by atoms with E-state index >= 15 is 0 Å². The van der Waals surface area contributed by atoms with Crippen LogP contribution in [0.2, 0.25) is 5.02 Å². The molecule has 0 heterocycles. The molecule has 1 atom stereocenters. The van der Waals surface area contributed by atoms with Crippen LogP contribution in [0, 0.1) is 6.92 Å². The van der Waals surface area contributed by atoms with E-state index in [1.54, 1.807) is 75.6 Å². The van der Waals surface area contributed by atoms with Gasteiger partial charge in [-0.2, -0.15) is 0 Å². The Morgan fingerprint density at radius 2 is 1.74 bits per heavy atom. The van der Waals surface area contributed by atoms with Crippen molar-refractivity contribution in [3.63, 3.8) is 0 Å². The summed E-state index contributed by atoms with van der Waals surface area (Å²) in [5.41, 5.74) is 1.59.